The third-order valence-corrected chi connectivity index (χ3v) is 4.92. The van der Waals surface area contributed by atoms with E-state index in [1.54, 1.807) is 16.8 Å². The Morgan fingerprint density at radius 2 is 1.93 bits per heavy atom. The van der Waals surface area contributed by atoms with E-state index in [1.165, 1.54) is 17.1 Å². The normalized spacial score (nSPS) is 11.0. The fraction of sp³-hybridized carbons (Fsp3) is 0.143. The molecule has 0 spiro atoms. The molecule has 8 heteroatoms. The lowest BCUT2D eigenvalue weighted by atomic mass is 10.2. The lowest BCUT2D eigenvalue weighted by Gasteiger charge is -2.10. The SMILES string of the molecule is Cc1ccc(Cl)cc1NC(=O)Cn1cnc2c(cnn2-c2ccccc2C)c1=O. The van der Waals surface area contributed by atoms with Crippen molar-refractivity contribution in [3.05, 3.63) is 81.5 Å². The molecule has 0 fully saturated rings. The molecule has 29 heavy (non-hydrogen) atoms. The summed E-state index contributed by atoms with van der Waals surface area (Å²) in [6.07, 6.45) is 2.85. The molecule has 1 amide bonds. The molecule has 0 saturated carbocycles. The minimum absolute atomic E-state index is 0.163. The number of rotatable bonds is 4. The van der Waals surface area contributed by atoms with E-state index in [0.717, 1.165) is 16.8 Å². The number of carbonyl (C=O) groups is 1. The number of anilines is 1. The quantitative estimate of drug-likeness (QED) is 0.561. The van der Waals surface area contributed by atoms with Gasteiger partial charge < -0.3 is 5.32 Å². The molecule has 4 rings (SSSR count). The van der Waals surface area contributed by atoms with Gasteiger partial charge in [0.15, 0.2) is 5.65 Å². The molecule has 0 bridgehead atoms. The summed E-state index contributed by atoms with van der Waals surface area (Å²) >= 11 is 5.99. The predicted molar refractivity (Wildman–Crippen MR) is 113 cm³/mol. The second-order valence-corrected chi connectivity index (χ2v) is 7.20. The first kappa shape index (κ1) is 18.9. The summed E-state index contributed by atoms with van der Waals surface area (Å²) in [6.45, 7) is 3.67. The minimum Gasteiger partial charge on any atom is -0.324 e. The van der Waals surface area contributed by atoms with Gasteiger partial charge in [-0.1, -0.05) is 35.9 Å². The monoisotopic (exact) mass is 407 g/mol. The van der Waals surface area contributed by atoms with Gasteiger partial charge in [-0.15, -0.1) is 0 Å². The minimum atomic E-state index is -0.343. The van der Waals surface area contributed by atoms with Crippen LogP contribution in [0.5, 0.6) is 0 Å². The summed E-state index contributed by atoms with van der Waals surface area (Å²) in [7, 11) is 0. The van der Waals surface area contributed by atoms with E-state index in [0.29, 0.717) is 21.7 Å². The molecule has 0 aliphatic carbocycles. The second-order valence-electron chi connectivity index (χ2n) is 6.77. The summed E-state index contributed by atoms with van der Waals surface area (Å²) in [4.78, 5) is 29.7. The zero-order valence-corrected chi connectivity index (χ0v) is 16.6. The lowest BCUT2D eigenvalue weighted by Crippen LogP contribution is -2.28. The van der Waals surface area contributed by atoms with Crippen LogP contribution < -0.4 is 10.9 Å². The molecular weight excluding hydrogens is 390 g/mol. The summed E-state index contributed by atoms with van der Waals surface area (Å²) in [5, 5.41) is 7.98. The van der Waals surface area contributed by atoms with E-state index in [4.69, 9.17) is 11.6 Å². The maximum atomic E-state index is 12.8. The Hall–Kier alpha value is -3.45. The Labute approximate surface area is 171 Å². The molecule has 4 aromatic rings. The molecule has 0 saturated heterocycles. The van der Waals surface area contributed by atoms with E-state index in [2.05, 4.69) is 15.4 Å². The average Bonchev–Trinajstić information content (AvgIpc) is 3.12. The second kappa shape index (κ2) is 7.52. The maximum Gasteiger partial charge on any atom is 0.264 e. The topological polar surface area (TPSA) is 81.8 Å². The number of carbonyl (C=O) groups excluding carboxylic acids is 1. The molecule has 0 aliphatic rings. The molecule has 2 aromatic carbocycles. The highest BCUT2D eigenvalue weighted by molar-refractivity contribution is 6.31. The Balaban J connectivity index is 1.63. The Morgan fingerprint density at radius 1 is 1.14 bits per heavy atom. The number of para-hydroxylation sites is 1. The molecular formula is C21H18ClN5O2. The standard InChI is InChI=1S/C21H18ClN5O2/c1-13-7-8-15(22)9-17(13)25-19(28)11-26-12-23-20-16(21(26)29)10-24-27(20)18-6-4-3-5-14(18)2/h3-10,12H,11H2,1-2H3,(H,25,28). The summed E-state index contributed by atoms with van der Waals surface area (Å²) in [5.41, 5.74) is 3.47. The van der Waals surface area contributed by atoms with Crippen molar-refractivity contribution in [1.29, 1.82) is 0 Å². The number of aryl methyl sites for hydroxylation is 2. The molecule has 0 aliphatic heterocycles. The highest BCUT2D eigenvalue weighted by Crippen LogP contribution is 2.20. The van der Waals surface area contributed by atoms with Crippen molar-refractivity contribution in [2.45, 2.75) is 20.4 Å². The van der Waals surface area contributed by atoms with Crippen molar-refractivity contribution >= 4 is 34.2 Å². The lowest BCUT2D eigenvalue weighted by molar-refractivity contribution is -0.116. The number of hydrogen-bond acceptors (Lipinski definition) is 4. The van der Waals surface area contributed by atoms with Crippen LogP contribution in [-0.4, -0.2) is 25.2 Å². The van der Waals surface area contributed by atoms with Gasteiger partial charge in [0.25, 0.3) is 5.56 Å². The molecule has 146 valence electrons. The Kier molecular flexibility index (Phi) is 4.90. The summed E-state index contributed by atoms with van der Waals surface area (Å²) < 4.78 is 2.90. The van der Waals surface area contributed by atoms with Crippen molar-refractivity contribution < 1.29 is 4.79 Å². The molecule has 2 heterocycles. The number of amides is 1. The number of aromatic nitrogens is 4. The van der Waals surface area contributed by atoms with Gasteiger partial charge in [0, 0.05) is 10.7 Å². The zero-order valence-electron chi connectivity index (χ0n) is 15.9. The van der Waals surface area contributed by atoms with Crippen LogP contribution in [0.3, 0.4) is 0 Å². The van der Waals surface area contributed by atoms with Crippen LogP contribution in [-0.2, 0) is 11.3 Å². The van der Waals surface area contributed by atoms with Crippen LogP contribution in [0.1, 0.15) is 11.1 Å². The van der Waals surface area contributed by atoms with Crippen LogP contribution in [0.25, 0.3) is 16.7 Å². The van der Waals surface area contributed by atoms with Crippen LogP contribution in [0.15, 0.2) is 59.8 Å². The van der Waals surface area contributed by atoms with E-state index in [-0.39, 0.29) is 18.0 Å². The zero-order chi connectivity index (χ0) is 20.5. The number of fused-ring (bicyclic) bond motifs is 1. The molecule has 1 N–H and O–H groups in total. The first-order valence-corrected chi connectivity index (χ1v) is 9.37. The number of nitrogens with zero attached hydrogens (tertiary/aromatic N) is 4. The summed E-state index contributed by atoms with van der Waals surface area (Å²) in [5.74, 6) is -0.343. The molecule has 0 unspecified atom stereocenters. The Bertz CT molecular complexity index is 1290. The molecule has 0 radical (unpaired) electrons. The predicted octanol–water partition coefficient (Wildman–Crippen LogP) is 3.49. The average molecular weight is 408 g/mol. The van der Waals surface area contributed by atoms with Crippen molar-refractivity contribution in [3.8, 4) is 5.69 Å². The van der Waals surface area contributed by atoms with Crippen LogP contribution >= 0.6 is 11.6 Å². The van der Waals surface area contributed by atoms with Gasteiger partial charge in [-0.3, -0.25) is 14.2 Å². The van der Waals surface area contributed by atoms with E-state index in [9.17, 15) is 9.59 Å². The Morgan fingerprint density at radius 3 is 2.72 bits per heavy atom. The van der Waals surface area contributed by atoms with Gasteiger partial charge in [0.1, 0.15) is 18.3 Å². The first-order valence-electron chi connectivity index (χ1n) is 8.99. The van der Waals surface area contributed by atoms with Crippen LogP contribution in [0.2, 0.25) is 5.02 Å². The third kappa shape index (κ3) is 3.64. The van der Waals surface area contributed by atoms with Crippen molar-refractivity contribution in [3.63, 3.8) is 0 Å². The van der Waals surface area contributed by atoms with Gasteiger partial charge >= 0.3 is 0 Å². The van der Waals surface area contributed by atoms with Gasteiger partial charge in [-0.2, -0.15) is 5.10 Å². The number of hydrogen-bond donors (Lipinski definition) is 1. The first-order chi connectivity index (χ1) is 13.9. The number of benzene rings is 2. The van der Waals surface area contributed by atoms with Crippen molar-refractivity contribution in [1.82, 2.24) is 19.3 Å². The van der Waals surface area contributed by atoms with Gasteiger partial charge in [0.05, 0.1) is 11.9 Å². The fourth-order valence-corrected chi connectivity index (χ4v) is 3.28. The molecule has 2 aromatic heterocycles. The molecule has 0 atom stereocenters. The fourth-order valence-electron chi connectivity index (χ4n) is 3.11. The van der Waals surface area contributed by atoms with Crippen molar-refractivity contribution in [2.24, 2.45) is 0 Å². The molecule has 7 nitrogen and oxygen atoms in total. The maximum absolute atomic E-state index is 12.8. The highest BCUT2D eigenvalue weighted by Gasteiger charge is 2.14. The van der Waals surface area contributed by atoms with Crippen molar-refractivity contribution in [2.75, 3.05) is 5.32 Å². The van der Waals surface area contributed by atoms with Gasteiger partial charge in [-0.05, 0) is 43.2 Å². The number of halogens is 1. The number of nitrogens with one attached hydrogen (secondary N) is 1. The van der Waals surface area contributed by atoms with Gasteiger partial charge in [0.2, 0.25) is 5.91 Å². The van der Waals surface area contributed by atoms with Gasteiger partial charge in [-0.25, -0.2) is 9.67 Å². The summed E-state index contributed by atoms with van der Waals surface area (Å²) in [6, 6.07) is 13.0. The highest BCUT2D eigenvalue weighted by atomic mass is 35.5. The van der Waals surface area contributed by atoms with E-state index in [1.807, 2.05) is 44.2 Å². The van der Waals surface area contributed by atoms with Crippen LogP contribution in [0, 0.1) is 13.8 Å². The third-order valence-electron chi connectivity index (χ3n) is 4.69. The van der Waals surface area contributed by atoms with Crippen LogP contribution in [0.4, 0.5) is 5.69 Å². The van der Waals surface area contributed by atoms with E-state index >= 15 is 0 Å². The van der Waals surface area contributed by atoms with E-state index < -0.39 is 0 Å². The largest absolute Gasteiger partial charge is 0.324 e. The smallest absolute Gasteiger partial charge is 0.264 e.